The van der Waals surface area contributed by atoms with Crippen LogP contribution < -0.4 is 5.32 Å². The molecule has 1 aliphatic rings. The van der Waals surface area contributed by atoms with Crippen molar-refractivity contribution in [1.29, 1.82) is 0 Å². The highest BCUT2D eigenvalue weighted by molar-refractivity contribution is 7.00. The molecule has 23 heavy (non-hydrogen) atoms. The number of likely N-dealkylation sites (tertiary alicyclic amines) is 1. The van der Waals surface area contributed by atoms with Gasteiger partial charge in [-0.1, -0.05) is 26.8 Å². The van der Waals surface area contributed by atoms with Crippen LogP contribution in [0.15, 0.2) is 18.2 Å². The third-order valence-corrected chi connectivity index (χ3v) is 4.80. The molecule has 0 radical (unpaired) electrons. The first-order chi connectivity index (χ1) is 10.9. The Labute approximate surface area is 141 Å². The number of carbonyl (C=O) groups excluding carboxylic acids is 1. The predicted octanol–water partition coefficient (Wildman–Crippen LogP) is 3.53. The monoisotopic (exact) mass is 332 g/mol. The Morgan fingerprint density at radius 1 is 1.39 bits per heavy atom. The van der Waals surface area contributed by atoms with E-state index in [1.54, 1.807) is 0 Å². The second-order valence-electron chi connectivity index (χ2n) is 7.52. The molecule has 1 aromatic carbocycles. The maximum absolute atomic E-state index is 12.4. The molecule has 2 aromatic rings. The molecular weight excluding hydrogens is 308 g/mol. The molecule has 1 saturated heterocycles. The maximum atomic E-state index is 12.4. The Morgan fingerprint density at radius 2 is 2.22 bits per heavy atom. The zero-order valence-electron chi connectivity index (χ0n) is 14.0. The third-order valence-electron chi connectivity index (χ3n) is 4.25. The molecule has 3 rings (SSSR count). The van der Waals surface area contributed by atoms with Gasteiger partial charge in [-0.15, -0.1) is 0 Å². The van der Waals surface area contributed by atoms with Gasteiger partial charge in [0, 0.05) is 6.04 Å². The summed E-state index contributed by atoms with van der Waals surface area (Å²) >= 11 is 1.17. The Kier molecular flexibility index (Phi) is 4.64. The van der Waals surface area contributed by atoms with Gasteiger partial charge in [0.2, 0.25) is 5.91 Å². The van der Waals surface area contributed by atoms with Crippen molar-refractivity contribution < 1.29 is 4.79 Å². The molecule has 1 amide bonds. The zero-order chi connectivity index (χ0) is 16.4. The van der Waals surface area contributed by atoms with E-state index < -0.39 is 0 Å². The number of anilines is 1. The van der Waals surface area contributed by atoms with Gasteiger partial charge < -0.3 is 5.32 Å². The fourth-order valence-corrected chi connectivity index (χ4v) is 3.87. The van der Waals surface area contributed by atoms with Gasteiger partial charge in [-0.05, 0) is 43.4 Å². The molecule has 2 heterocycles. The molecule has 0 bridgehead atoms. The fraction of sp³-hybridized carbons (Fsp3) is 0.588. The van der Waals surface area contributed by atoms with Crippen molar-refractivity contribution >= 4 is 34.4 Å². The van der Waals surface area contributed by atoms with Gasteiger partial charge in [-0.2, -0.15) is 8.75 Å². The molecule has 1 unspecified atom stereocenters. The van der Waals surface area contributed by atoms with Crippen LogP contribution in [0, 0.1) is 5.41 Å². The van der Waals surface area contributed by atoms with E-state index in [0.717, 1.165) is 29.7 Å². The van der Waals surface area contributed by atoms with Crippen LogP contribution in [0.3, 0.4) is 0 Å². The molecule has 1 N–H and O–H groups in total. The van der Waals surface area contributed by atoms with Crippen molar-refractivity contribution in [3.8, 4) is 0 Å². The topological polar surface area (TPSA) is 58.1 Å². The van der Waals surface area contributed by atoms with Crippen molar-refractivity contribution in [2.45, 2.75) is 46.1 Å². The summed E-state index contributed by atoms with van der Waals surface area (Å²) in [6.45, 7) is 8.25. The number of benzene rings is 1. The first kappa shape index (κ1) is 16.3. The van der Waals surface area contributed by atoms with Gasteiger partial charge in [0.05, 0.1) is 24.0 Å². The van der Waals surface area contributed by atoms with Gasteiger partial charge in [0.15, 0.2) is 0 Å². The molecule has 1 aliphatic heterocycles. The molecule has 5 nitrogen and oxygen atoms in total. The lowest BCUT2D eigenvalue weighted by atomic mass is 9.87. The molecule has 0 spiro atoms. The van der Waals surface area contributed by atoms with Gasteiger partial charge in [0.25, 0.3) is 0 Å². The molecule has 1 fully saturated rings. The van der Waals surface area contributed by atoms with Crippen LogP contribution in [0.25, 0.3) is 11.0 Å². The summed E-state index contributed by atoms with van der Waals surface area (Å²) in [6, 6.07) is 6.21. The van der Waals surface area contributed by atoms with E-state index in [1.807, 2.05) is 18.2 Å². The summed E-state index contributed by atoms with van der Waals surface area (Å²) in [5.74, 6) is 0.0336. The minimum absolute atomic E-state index is 0.0336. The number of carbonyl (C=O) groups is 1. The van der Waals surface area contributed by atoms with Gasteiger partial charge in [-0.3, -0.25) is 9.69 Å². The van der Waals surface area contributed by atoms with Crippen LogP contribution in [-0.4, -0.2) is 38.7 Å². The Balaban J connectivity index is 1.64. The van der Waals surface area contributed by atoms with Crippen LogP contribution in [0.4, 0.5) is 5.69 Å². The Morgan fingerprint density at radius 3 is 3.00 bits per heavy atom. The summed E-state index contributed by atoms with van der Waals surface area (Å²) in [4.78, 5) is 14.8. The van der Waals surface area contributed by atoms with Crippen molar-refractivity contribution in [2.24, 2.45) is 5.41 Å². The standard InChI is InChI=1S/C17H24N4OS/c1-17(2,3)10-12-6-5-9-21(12)11-15(22)18-13-7-4-8-14-16(13)20-23-19-14/h4,7-8,12H,5-6,9-11H2,1-3H3,(H,18,22). The second-order valence-corrected chi connectivity index (χ2v) is 8.05. The highest BCUT2D eigenvalue weighted by Gasteiger charge is 2.29. The second kappa shape index (κ2) is 6.53. The van der Waals surface area contributed by atoms with Crippen molar-refractivity contribution in [2.75, 3.05) is 18.4 Å². The summed E-state index contributed by atoms with van der Waals surface area (Å²) in [7, 11) is 0. The number of hydrogen-bond acceptors (Lipinski definition) is 5. The third kappa shape index (κ3) is 4.06. The highest BCUT2D eigenvalue weighted by Crippen LogP contribution is 2.29. The van der Waals surface area contributed by atoms with Gasteiger partial charge in [-0.25, -0.2) is 0 Å². The number of amides is 1. The number of fused-ring (bicyclic) bond motifs is 1. The van der Waals surface area contributed by atoms with E-state index in [0.29, 0.717) is 18.0 Å². The smallest absolute Gasteiger partial charge is 0.238 e. The lowest BCUT2D eigenvalue weighted by Gasteiger charge is -2.29. The van der Waals surface area contributed by atoms with Crippen molar-refractivity contribution in [3.05, 3.63) is 18.2 Å². The van der Waals surface area contributed by atoms with Gasteiger partial charge >= 0.3 is 0 Å². The minimum Gasteiger partial charge on any atom is -0.323 e. The number of nitrogens with one attached hydrogen (secondary N) is 1. The number of aromatic nitrogens is 2. The molecule has 1 aromatic heterocycles. The van der Waals surface area contributed by atoms with Crippen LogP contribution in [-0.2, 0) is 4.79 Å². The molecule has 124 valence electrons. The minimum atomic E-state index is 0.0336. The van der Waals surface area contributed by atoms with E-state index in [1.165, 1.54) is 24.6 Å². The number of hydrogen-bond donors (Lipinski definition) is 1. The number of nitrogens with zero attached hydrogens (tertiary/aromatic N) is 3. The van der Waals surface area contributed by atoms with E-state index in [-0.39, 0.29) is 5.91 Å². The Bertz CT molecular complexity index is 691. The molecule has 0 saturated carbocycles. The van der Waals surface area contributed by atoms with Crippen LogP contribution in [0.5, 0.6) is 0 Å². The van der Waals surface area contributed by atoms with Gasteiger partial charge in [0.1, 0.15) is 11.0 Å². The van der Waals surface area contributed by atoms with E-state index in [2.05, 4.69) is 39.7 Å². The summed E-state index contributed by atoms with van der Waals surface area (Å²) in [5.41, 5.74) is 2.66. The average molecular weight is 332 g/mol. The maximum Gasteiger partial charge on any atom is 0.238 e. The van der Waals surface area contributed by atoms with E-state index in [4.69, 9.17) is 0 Å². The first-order valence-corrected chi connectivity index (χ1v) is 8.91. The van der Waals surface area contributed by atoms with Crippen LogP contribution in [0.2, 0.25) is 0 Å². The Hall–Kier alpha value is -1.53. The summed E-state index contributed by atoms with van der Waals surface area (Å²) in [5, 5.41) is 3.00. The summed E-state index contributed by atoms with van der Waals surface area (Å²) < 4.78 is 8.48. The molecule has 0 aliphatic carbocycles. The largest absolute Gasteiger partial charge is 0.323 e. The first-order valence-electron chi connectivity index (χ1n) is 8.17. The predicted molar refractivity (Wildman–Crippen MR) is 94.7 cm³/mol. The average Bonchev–Trinajstić information content (AvgIpc) is 3.07. The highest BCUT2D eigenvalue weighted by atomic mass is 32.1. The lowest BCUT2D eigenvalue weighted by Crippen LogP contribution is -2.38. The van der Waals surface area contributed by atoms with E-state index >= 15 is 0 Å². The zero-order valence-corrected chi connectivity index (χ0v) is 14.8. The van der Waals surface area contributed by atoms with Crippen LogP contribution >= 0.6 is 11.7 Å². The summed E-state index contributed by atoms with van der Waals surface area (Å²) in [6.07, 6.45) is 3.50. The number of rotatable bonds is 4. The van der Waals surface area contributed by atoms with Crippen molar-refractivity contribution in [1.82, 2.24) is 13.6 Å². The molecule has 6 heteroatoms. The van der Waals surface area contributed by atoms with E-state index in [9.17, 15) is 4.79 Å². The lowest BCUT2D eigenvalue weighted by molar-refractivity contribution is -0.117. The van der Waals surface area contributed by atoms with Crippen molar-refractivity contribution in [3.63, 3.8) is 0 Å². The molecule has 1 atom stereocenters. The fourth-order valence-electron chi connectivity index (χ4n) is 3.32. The quantitative estimate of drug-likeness (QED) is 0.930. The van der Waals surface area contributed by atoms with Crippen LogP contribution in [0.1, 0.15) is 40.0 Å². The SMILES string of the molecule is CC(C)(C)CC1CCCN1CC(=O)Nc1cccc2nsnc12. The molecular formula is C17H24N4OS. The normalized spacial score (nSPS) is 19.3.